The third kappa shape index (κ3) is 2.53. The van der Waals surface area contributed by atoms with E-state index >= 15 is 0 Å². The molecule has 0 amide bonds. The lowest BCUT2D eigenvalue weighted by molar-refractivity contribution is 0.281. The van der Waals surface area contributed by atoms with Crippen molar-refractivity contribution in [1.82, 2.24) is 9.71 Å². The Morgan fingerprint density at radius 2 is 2.20 bits per heavy atom. The fourth-order valence-electron chi connectivity index (χ4n) is 1.14. The minimum absolute atomic E-state index is 0.00611. The van der Waals surface area contributed by atoms with Crippen LogP contribution in [0.1, 0.15) is 18.4 Å². The van der Waals surface area contributed by atoms with Crippen LogP contribution in [-0.4, -0.2) is 24.6 Å². The smallest absolute Gasteiger partial charge is 0.258 e. The van der Waals surface area contributed by atoms with Gasteiger partial charge in [0.2, 0.25) is 0 Å². The highest BCUT2D eigenvalue weighted by molar-refractivity contribution is 7.89. The van der Waals surface area contributed by atoms with Crippen LogP contribution in [0.3, 0.4) is 0 Å². The summed E-state index contributed by atoms with van der Waals surface area (Å²) in [5, 5.41) is 8.79. The van der Waals surface area contributed by atoms with Gasteiger partial charge in [0, 0.05) is 12.2 Å². The molecule has 15 heavy (non-hydrogen) atoms. The van der Waals surface area contributed by atoms with Crippen molar-refractivity contribution < 1.29 is 13.5 Å². The van der Waals surface area contributed by atoms with Gasteiger partial charge in [0.15, 0.2) is 5.03 Å². The molecule has 82 valence electrons. The Hall–Kier alpha value is -0.980. The summed E-state index contributed by atoms with van der Waals surface area (Å²) in [4.78, 5) is 3.79. The molecule has 0 aromatic carbocycles. The first-order valence-electron chi connectivity index (χ1n) is 4.70. The number of pyridine rings is 1. The zero-order valence-corrected chi connectivity index (χ0v) is 8.87. The lowest BCUT2D eigenvalue weighted by Crippen LogP contribution is -2.26. The van der Waals surface area contributed by atoms with Crippen LogP contribution in [0.25, 0.3) is 0 Å². The van der Waals surface area contributed by atoms with Gasteiger partial charge in [-0.25, -0.2) is 18.1 Å². The average molecular weight is 228 g/mol. The molecule has 0 aliphatic heterocycles. The lowest BCUT2D eigenvalue weighted by atomic mass is 10.3. The number of aliphatic hydroxyl groups is 1. The summed E-state index contributed by atoms with van der Waals surface area (Å²) >= 11 is 0. The number of nitrogens with one attached hydrogen (secondary N) is 1. The first kappa shape index (κ1) is 10.5. The van der Waals surface area contributed by atoms with Gasteiger partial charge in [-0.2, -0.15) is 0 Å². The molecule has 0 spiro atoms. The highest BCUT2D eigenvalue weighted by Gasteiger charge is 2.28. The average Bonchev–Trinajstić information content (AvgIpc) is 3.01. The predicted molar refractivity (Wildman–Crippen MR) is 53.5 cm³/mol. The number of aromatic nitrogens is 1. The SMILES string of the molecule is O=S(=O)(NC1CC1)c1ccc(CO)cn1. The number of nitrogens with zero attached hydrogens (tertiary/aromatic N) is 1. The van der Waals surface area contributed by atoms with Gasteiger partial charge in [-0.1, -0.05) is 6.07 Å². The Morgan fingerprint density at radius 1 is 1.47 bits per heavy atom. The molecule has 2 rings (SSSR count). The van der Waals surface area contributed by atoms with Gasteiger partial charge in [0.25, 0.3) is 10.0 Å². The third-order valence-electron chi connectivity index (χ3n) is 2.15. The van der Waals surface area contributed by atoms with E-state index in [-0.39, 0.29) is 17.7 Å². The monoisotopic (exact) mass is 228 g/mol. The molecule has 1 aliphatic carbocycles. The van der Waals surface area contributed by atoms with Crippen molar-refractivity contribution in [3.63, 3.8) is 0 Å². The van der Waals surface area contributed by atoms with Crippen LogP contribution in [0.15, 0.2) is 23.4 Å². The maximum absolute atomic E-state index is 11.6. The van der Waals surface area contributed by atoms with E-state index in [0.29, 0.717) is 5.56 Å². The number of hydrogen-bond acceptors (Lipinski definition) is 4. The standard InChI is InChI=1S/C9H12N2O3S/c12-6-7-1-4-9(10-5-7)15(13,14)11-8-2-3-8/h1,4-5,8,11-12H,2-3,6H2. The van der Waals surface area contributed by atoms with Crippen molar-refractivity contribution in [2.45, 2.75) is 30.5 Å². The molecule has 5 nitrogen and oxygen atoms in total. The van der Waals surface area contributed by atoms with Crippen molar-refractivity contribution >= 4 is 10.0 Å². The van der Waals surface area contributed by atoms with Crippen molar-refractivity contribution in [3.05, 3.63) is 23.9 Å². The molecule has 0 saturated heterocycles. The second-order valence-electron chi connectivity index (χ2n) is 3.56. The highest BCUT2D eigenvalue weighted by atomic mass is 32.2. The van der Waals surface area contributed by atoms with E-state index in [4.69, 9.17) is 5.11 Å². The van der Waals surface area contributed by atoms with Gasteiger partial charge < -0.3 is 5.11 Å². The molecule has 1 aromatic rings. The Balaban J connectivity index is 2.19. The molecule has 1 saturated carbocycles. The minimum atomic E-state index is -3.46. The molecule has 0 unspecified atom stereocenters. The second kappa shape index (κ2) is 3.88. The van der Waals surface area contributed by atoms with Crippen LogP contribution in [0.4, 0.5) is 0 Å². The number of hydrogen-bond donors (Lipinski definition) is 2. The van der Waals surface area contributed by atoms with Crippen molar-refractivity contribution in [3.8, 4) is 0 Å². The van der Waals surface area contributed by atoms with E-state index in [2.05, 4.69) is 9.71 Å². The van der Waals surface area contributed by atoms with Crippen molar-refractivity contribution in [2.24, 2.45) is 0 Å². The van der Waals surface area contributed by atoms with Gasteiger partial charge in [-0.05, 0) is 24.5 Å². The lowest BCUT2D eigenvalue weighted by Gasteiger charge is -2.04. The van der Waals surface area contributed by atoms with Crippen LogP contribution in [0.2, 0.25) is 0 Å². The number of sulfonamides is 1. The molecular formula is C9H12N2O3S. The zero-order valence-electron chi connectivity index (χ0n) is 8.05. The summed E-state index contributed by atoms with van der Waals surface area (Å²) < 4.78 is 25.8. The van der Waals surface area contributed by atoms with Crippen molar-refractivity contribution in [2.75, 3.05) is 0 Å². The van der Waals surface area contributed by atoms with Crippen molar-refractivity contribution in [1.29, 1.82) is 0 Å². The minimum Gasteiger partial charge on any atom is -0.392 e. The predicted octanol–water partition coefficient (Wildman–Crippen LogP) is 0.0146. The molecule has 0 bridgehead atoms. The fraction of sp³-hybridized carbons (Fsp3) is 0.444. The molecule has 1 fully saturated rings. The summed E-state index contributed by atoms with van der Waals surface area (Å²) in [6.07, 6.45) is 3.16. The van der Waals surface area contributed by atoms with E-state index < -0.39 is 10.0 Å². The largest absolute Gasteiger partial charge is 0.392 e. The Labute approximate surface area is 88.2 Å². The van der Waals surface area contributed by atoms with E-state index in [9.17, 15) is 8.42 Å². The first-order valence-corrected chi connectivity index (χ1v) is 6.18. The van der Waals surface area contributed by atoms with E-state index in [1.165, 1.54) is 12.3 Å². The molecule has 1 aromatic heterocycles. The summed E-state index contributed by atoms with van der Waals surface area (Å²) in [5.74, 6) is 0. The Bertz CT molecular complexity index is 437. The van der Waals surface area contributed by atoms with Gasteiger partial charge in [0.05, 0.1) is 6.61 Å². The summed E-state index contributed by atoms with van der Waals surface area (Å²) in [6.45, 7) is -0.136. The summed E-state index contributed by atoms with van der Waals surface area (Å²) in [5.41, 5.74) is 0.598. The van der Waals surface area contributed by atoms with E-state index in [1.807, 2.05) is 0 Å². The van der Waals surface area contributed by atoms with E-state index in [0.717, 1.165) is 12.8 Å². The maximum Gasteiger partial charge on any atom is 0.258 e. The number of rotatable bonds is 4. The molecule has 1 heterocycles. The zero-order chi connectivity index (χ0) is 10.9. The summed E-state index contributed by atoms with van der Waals surface area (Å²) in [7, 11) is -3.46. The first-order chi connectivity index (χ1) is 7.12. The van der Waals surface area contributed by atoms with Crippen LogP contribution in [-0.2, 0) is 16.6 Å². The molecule has 6 heteroatoms. The third-order valence-corrected chi connectivity index (χ3v) is 3.59. The topological polar surface area (TPSA) is 79.3 Å². The number of aliphatic hydroxyl groups excluding tert-OH is 1. The Morgan fingerprint density at radius 3 is 2.67 bits per heavy atom. The second-order valence-corrected chi connectivity index (χ2v) is 5.22. The van der Waals surface area contributed by atoms with Crippen LogP contribution >= 0.6 is 0 Å². The molecular weight excluding hydrogens is 216 g/mol. The molecule has 1 aliphatic rings. The molecule has 0 atom stereocenters. The van der Waals surface area contributed by atoms with Crippen LogP contribution in [0, 0.1) is 0 Å². The Kier molecular flexibility index (Phi) is 2.72. The highest BCUT2D eigenvalue weighted by Crippen LogP contribution is 2.21. The van der Waals surface area contributed by atoms with Gasteiger partial charge in [0.1, 0.15) is 0 Å². The normalized spacial score (nSPS) is 16.6. The quantitative estimate of drug-likeness (QED) is 0.761. The summed E-state index contributed by atoms with van der Waals surface area (Å²) in [6, 6.07) is 3.03. The van der Waals surface area contributed by atoms with E-state index in [1.54, 1.807) is 6.07 Å². The molecule has 0 radical (unpaired) electrons. The maximum atomic E-state index is 11.6. The van der Waals surface area contributed by atoms with Crippen LogP contribution < -0.4 is 4.72 Å². The fourth-order valence-corrected chi connectivity index (χ4v) is 2.38. The van der Waals surface area contributed by atoms with Gasteiger partial charge in [-0.3, -0.25) is 0 Å². The van der Waals surface area contributed by atoms with Gasteiger partial charge >= 0.3 is 0 Å². The molecule has 2 N–H and O–H groups in total. The van der Waals surface area contributed by atoms with Crippen LogP contribution in [0.5, 0.6) is 0 Å². The van der Waals surface area contributed by atoms with Gasteiger partial charge in [-0.15, -0.1) is 0 Å².